The number of imide groups is 1. The van der Waals surface area contributed by atoms with Gasteiger partial charge < -0.3 is 4.74 Å². The highest BCUT2D eigenvalue weighted by Gasteiger charge is 2.37. The fourth-order valence-corrected chi connectivity index (χ4v) is 1.68. The number of benzene rings is 1. The van der Waals surface area contributed by atoms with Gasteiger partial charge in [0, 0.05) is 0 Å². The van der Waals surface area contributed by atoms with Crippen molar-refractivity contribution in [1.29, 1.82) is 0 Å². The highest BCUT2D eigenvalue weighted by Crippen LogP contribution is 2.27. The van der Waals surface area contributed by atoms with E-state index in [1.165, 1.54) is 0 Å². The third kappa shape index (κ3) is 1.69. The molecule has 1 aliphatic heterocycles. The molecule has 16 heavy (non-hydrogen) atoms. The summed E-state index contributed by atoms with van der Waals surface area (Å²) in [5.41, 5.74) is 0.878. The number of amides is 2. The van der Waals surface area contributed by atoms with Gasteiger partial charge in [0.05, 0.1) is 0 Å². The molecule has 1 aromatic carbocycles. The standard InChI is InChI=1S/C12H11NO3/c1-2-11(14)13-10(8-16-12(13)15)9-6-4-3-5-7-9/h2-7,10H,1,8H2. The zero-order chi connectivity index (χ0) is 11.5. The fraction of sp³-hybridized carbons (Fsp3) is 0.167. The Morgan fingerprint density at radius 2 is 2.12 bits per heavy atom. The molecule has 4 heteroatoms. The third-order valence-corrected chi connectivity index (χ3v) is 2.47. The van der Waals surface area contributed by atoms with Crippen LogP contribution in [0.3, 0.4) is 0 Å². The van der Waals surface area contributed by atoms with Gasteiger partial charge in [-0.3, -0.25) is 4.79 Å². The van der Waals surface area contributed by atoms with Gasteiger partial charge in [0.2, 0.25) is 0 Å². The molecule has 1 saturated heterocycles. The lowest BCUT2D eigenvalue weighted by atomic mass is 10.1. The summed E-state index contributed by atoms with van der Waals surface area (Å²) in [7, 11) is 0. The van der Waals surface area contributed by atoms with Crippen molar-refractivity contribution in [3.8, 4) is 0 Å². The molecule has 82 valence electrons. The van der Waals surface area contributed by atoms with Crippen LogP contribution in [0.15, 0.2) is 43.0 Å². The minimum absolute atomic E-state index is 0.197. The van der Waals surface area contributed by atoms with Crippen molar-refractivity contribution < 1.29 is 14.3 Å². The van der Waals surface area contributed by atoms with E-state index in [-0.39, 0.29) is 12.6 Å². The Hall–Kier alpha value is -2.10. The average Bonchev–Trinajstić information content (AvgIpc) is 2.71. The average molecular weight is 217 g/mol. The van der Waals surface area contributed by atoms with Crippen LogP contribution in [-0.4, -0.2) is 23.5 Å². The molecule has 0 N–H and O–H groups in total. The van der Waals surface area contributed by atoms with Gasteiger partial charge in [-0.1, -0.05) is 36.9 Å². The Kier molecular flexibility index (Phi) is 2.72. The van der Waals surface area contributed by atoms with E-state index < -0.39 is 12.0 Å². The van der Waals surface area contributed by atoms with Crippen molar-refractivity contribution in [1.82, 2.24) is 4.90 Å². The van der Waals surface area contributed by atoms with Crippen LogP contribution in [0.1, 0.15) is 11.6 Å². The van der Waals surface area contributed by atoms with E-state index in [0.29, 0.717) is 0 Å². The van der Waals surface area contributed by atoms with Gasteiger partial charge in [-0.05, 0) is 11.6 Å². The monoisotopic (exact) mass is 217 g/mol. The van der Waals surface area contributed by atoms with Crippen molar-refractivity contribution in [2.24, 2.45) is 0 Å². The van der Waals surface area contributed by atoms with Crippen LogP contribution in [0.4, 0.5) is 4.79 Å². The van der Waals surface area contributed by atoms with Crippen molar-refractivity contribution in [3.63, 3.8) is 0 Å². The molecule has 1 fully saturated rings. The molecule has 1 aromatic rings. The summed E-state index contributed by atoms with van der Waals surface area (Å²) in [5.74, 6) is -0.434. The van der Waals surface area contributed by atoms with E-state index in [1.54, 1.807) is 0 Å². The van der Waals surface area contributed by atoms with E-state index in [2.05, 4.69) is 6.58 Å². The molecular formula is C12H11NO3. The predicted octanol–water partition coefficient (Wildman–Crippen LogP) is 1.89. The van der Waals surface area contributed by atoms with Gasteiger partial charge in [0.25, 0.3) is 5.91 Å². The Labute approximate surface area is 93.1 Å². The quantitative estimate of drug-likeness (QED) is 0.711. The first-order valence-corrected chi connectivity index (χ1v) is 4.91. The molecule has 1 atom stereocenters. The lowest BCUT2D eigenvalue weighted by Crippen LogP contribution is -2.32. The summed E-state index contributed by atoms with van der Waals surface area (Å²) in [6.45, 7) is 3.57. The Morgan fingerprint density at radius 3 is 2.75 bits per heavy atom. The zero-order valence-electron chi connectivity index (χ0n) is 8.63. The second-order valence-electron chi connectivity index (χ2n) is 3.42. The van der Waals surface area contributed by atoms with Gasteiger partial charge in [0.1, 0.15) is 12.6 Å². The van der Waals surface area contributed by atoms with Crippen LogP contribution in [0, 0.1) is 0 Å². The smallest absolute Gasteiger partial charge is 0.417 e. The molecular weight excluding hydrogens is 206 g/mol. The Bertz CT molecular complexity index is 427. The van der Waals surface area contributed by atoms with Crippen LogP contribution in [0.2, 0.25) is 0 Å². The molecule has 0 spiro atoms. The van der Waals surface area contributed by atoms with Crippen LogP contribution < -0.4 is 0 Å². The number of ether oxygens (including phenoxy) is 1. The molecule has 2 rings (SSSR count). The van der Waals surface area contributed by atoms with Crippen LogP contribution in [0.5, 0.6) is 0 Å². The van der Waals surface area contributed by atoms with Crippen LogP contribution in [0.25, 0.3) is 0 Å². The van der Waals surface area contributed by atoms with Crippen molar-refractivity contribution >= 4 is 12.0 Å². The number of carbonyl (C=O) groups is 2. The highest BCUT2D eigenvalue weighted by atomic mass is 16.6. The number of rotatable bonds is 2. The molecule has 0 radical (unpaired) electrons. The SMILES string of the molecule is C=CC(=O)N1C(=O)OCC1c1ccccc1. The zero-order valence-corrected chi connectivity index (χ0v) is 8.63. The number of hydrogen-bond donors (Lipinski definition) is 0. The molecule has 0 saturated carbocycles. The summed E-state index contributed by atoms with van der Waals surface area (Å²) < 4.78 is 4.87. The minimum Gasteiger partial charge on any atom is -0.446 e. The summed E-state index contributed by atoms with van der Waals surface area (Å²) in [5, 5.41) is 0. The number of cyclic esters (lactones) is 1. The summed E-state index contributed by atoms with van der Waals surface area (Å²) in [6.07, 6.45) is 0.501. The number of hydrogen-bond acceptors (Lipinski definition) is 3. The minimum atomic E-state index is -0.612. The van der Waals surface area contributed by atoms with Crippen molar-refractivity contribution in [2.75, 3.05) is 6.61 Å². The first-order valence-electron chi connectivity index (χ1n) is 4.91. The maximum absolute atomic E-state index is 11.5. The molecule has 2 amide bonds. The number of carbonyl (C=O) groups excluding carboxylic acids is 2. The fourth-order valence-electron chi connectivity index (χ4n) is 1.68. The van der Waals surface area contributed by atoms with E-state index in [1.807, 2.05) is 30.3 Å². The lowest BCUT2D eigenvalue weighted by molar-refractivity contribution is -0.124. The molecule has 1 unspecified atom stereocenters. The van der Waals surface area contributed by atoms with E-state index >= 15 is 0 Å². The van der Waals surface area contributed by atoms with Crippen LogP contribution >= 0.6 is 0 Å². The maximum atomic E-state index is 11.5. The normalized spacial score (nSPS) is 19.4. The first kappa shape index (κ1) is 10.4. The van der Waals surface area contributed by atoms with Gasteiger partial charge in [-0.25, -0.2) is 9.69 Å². The van der Waals surface area contributed by atoms with Gasteiger partial charge >= 0.3 is 6.09 Å². The van der Waals surface area contributed by atoms with Gasteiger partial charge in [0.15, 0.2) is 0 Å². The Morgan fingerprint density at radius 1 is 1.44 bits per heavy atom. The predicted molar refractivity (Wildman–Crippen MR) is 57.6 cm³/mol. The molecule has 4 nitrogen and oxygen atoms in total. The van der Waals surface area contributed by atoms with E-state index in [4.69, 9.17) is 4.74 Å². The van der Waals surface area contributed by atoms with E-state index in [0.717, 1.165) is 16.5 Å². The molecule has 0 aliphatic carbocycles. The third-order valence-electron chi connectivity index (χ3n) is 2.47. The molecule has 1 heterocycles. The van der Waals surface area contributed by atoms with Crippen LogP contribution in [-0.2, 0) is 9.53 Å². The second kappa shape index (κ2) is 4.18. The second-order valence-corrected chi connectivity index (χ2v) is 3.42. The topological polar surface area (TPSA) is 46.6 Å². The maximum Gasteiger partial charge on any atom is 0.417 e. The first-order chi connectivity index (χ1) is 7.74. The highest BCUT2D eigenvalue weighted by molar-refractivity contribution is 5.99. The van der Waals surface area contributed by atoms with Crippen molar-refractivity contribution in [2.45, 2.75) is 6.04 Å². The lowest BCUT2D eigenvalue weighted by Gasteiger charge is -2.17. The van der Waals surface area contributed by atoms with Gasteiger partial charge in [-0.15, -0.1) is 0 Å². The molecule has 0 aromatic heterocycles. The molecule has 1 aliphatic rings. The van der Waals surface area contributed by atoms with Gasteiger partial charge in [-0.2, -0.15) is 0 Å². The largest absolute Gasteiger partial charge is 0.446 e. The van der Waals surface area contributed by atoms with Crippen molar-refractivity contribution in [3.05, 3.63) is 48.6 Å². The summed E-state index contributed by atoms with van der Waals surface area (Å²) >= 11 is 0. The summed E-state index contributed by atoms with van der Waals surface area (Å²) in [6, 6.07) is 8.95. The molecule has 0 bridgehead atoms. The Balaban J connectivity index is 2.31. The summed E-state index contributed by atoms with van der Waals surface area (Å²) in [4.78, 5) is 24.0. The number of nitrogens with zero attached hydrogens (tertiary/aromatic N) is 1. The van der Waals surface area contributed by atoms with E-state index in [9.17, 15) is 9.59 Å².